The Labute approximate surface area is 122 Å². The normalized spacial score (nSPS) is 10.6. The van der Waals surface area contributed by atoms with Crippen LogP contribution in [0.25, 0.3) is 11.3 Å². The molecule has 0 saturated carbocycles. The first-order chi connectivity index (χ1) is 10.1. The van der Waals surface area contributed by atoms with Crippen LogP contribution in [0.3, 0.4) is 0 Å². The smallest absolute Gasteiger partial charge is 0.309 e. The van der Waals surface area contributed by atoms with Crippen molar-refractivity contribution in [2.75, 3.05) is 6.54 Å². The Bertz CT molecular complexity index is 599. The van der Waals surface area contributed by atoms with Gasteiger partial charge in [-0.3, -0.25) is 9.59 Å². The number of amides is 2. The van der Waals surface area contributed by atoms with Gasteiger partial charge in [-0.2, -0.15) is 0 Å². The molecule has 2 aromatic rings. The zero-order valence-corrected chi connectivity index (χ0v) is 12.0. The summed E-state index contributed by atoms with van der Waals surface area (Å²) in [6.07, 6.45) is 3.12. The quantitative estimate of drug-likeness (QED) is 0.824. The van der Waals surface area contributed by atoms with Gasteiger partial charge in [-0.1, -0.05) is 13.8 Å². The molecular weight excluding hydrogens is 272 g/mol. The van der Waals surface area contributed by atoms with Crippen LogP contribution in [0, 0.1) is 5.92 Å². The minimum atomic E-state index is -0.670. The molecule has 2 rings (SSSR count). The highest BCUT2D eigenvalue weighted by Crippen LogP contribution is 2.22. The van der Waals surface area contributed by atoms with E-state index in [-0.39, 0.29) is 6.54 Å². The summed E-state index contributed by atoms with van der Waals surface area (Å²) in [7, 11) is 0. The van der Waals surface area contributed by atoms with Crippen LogP contribution in [0.2, 0.25) is 0 Å². The summed E-state index contributed by atoms with van der Waals surface area (Å²) in [4.78, 5) is 23.1. The van der Waals surface area contributed by atoms with E-state index in [4.69, 9.17) is 8.83 Å². The molecule has 2 amide bonds. The summed E-state index contributed by atoms with van der Waals surface area (Å²) in [5.41, 5.74) is 0.822. The first kappa shape index (κ1) is 14.9. The molecule has 2 heterocycles. The number of rotatable bonds is 5. The maximum Gasteiger partial charge on any atom is 0.309 e. The highest BCUT2D eigenvalue weighted by molar-refractivity contribution is 6.35. The topological polar surface area (TPSA) is 84.5 Å². The van der Waals surface area contributed by atoms with Gasteiger partial charge in [-0.25, -0.2) is 0 Å². The van der Waals surface area contributed by atoms with E-state index in [1.165, 1.54) is 0 Å². The van der Waals surface area contributed by atoms with Gasteiger partial charge in [0.2, 0.25) is 0 Å². The van der Waals surface area contributed by atoms with E-state index in [0.717, 1.165) is 5.56 Å². The van der Waals surface area contributed by atoms with Gasteiger partial charge in [0.25, 0.3) is 0 Å². The molecule has 0 saturated heterocycles. The van der Waals surface area contributed by atoms with Crippen LogP contribution >= 0.6 is 0 Å². The lowest BCUT2D eigenvalue weighted by Crippen LogP contribution is -2.40. The zero-order valence-electron chi connectivity index (χ0n) is 12.0. The highest BCUT2D eigenvalue weighted by Gasteiger charge is 2.14. The van der Waals surface area contributed by atoms with E-state index < -0.39 is 11.8 Å². The number of nitrogens with one attached hydrogen (secondary N) is 2. The van der Waals surface area contributed by atoms with E-state index in [2.05, 4.69) is 10.6 Å². The molecule has 112 valence electrons. The number of furan rings is 2. The molecule has 0 aliphatic heterocycles. The molecule has 0 spiro atoms. The molecule has 0 fully saturated rings. The van der Waals surface area contributed by atoms with E-state index in [9.17, 15) is 9.59 Å². The van der Waals surface area contributed by atoms with Crippen LogP contribution < -0.4 is 10.6 Å². The number of hydrogen-bond acceptors (Lipinski definition) is 4. The van der Waals surface area contributed by atoms with Crippen molar-refractivity contribution in [3.63, 3.8) is 0 Å². The zero-order chi connectivity index (χ0) is 15.2. The molecule has 0 aliphatic rings. The number of carbonyl (C=O) groups excluding carboxylic acids is 2. The minimum Gasteiger partial charge on any atom is -0.472 e. The lowest BCUT2D eigenvalue weighted by molar-refractivity contribution is -0.139. The number of hydrogen-bond donors (Lipinski definition) is 2. The maximum atomic E-state index is 11.6. The second-order valence-electron chi connectivity index (χ2n) is 5.06. The molecule has 0 aliphatic carbocycles. The predicted molar refractivity (Wildman–Crippen MR) is 76.1 cm³/mol. The van der Waals surface area contributed by atoms with Gasteiger partial charge >= 0.3 is 11.8 Å². The molecule has 6 heteroatoms. The Balaban J connectivity index is 1.83. The predicted octanol–water partition coefficient (Wildman–Crippen LogP) is 1.93. The molecule has 2 N–H and O–H groups in total. The monoisotopic (exact) mass is 290 g/mol. The van der Waals surface area contributed by atoms with Gasteiger partial charge in [0.05, 0.1) is 18.4 Å². The van der Waals surface area contributed by atoms with Crippen molar-refractivity contribution in [1.82, 2.24) is 10.6 Å². The first-order valence-electron chi connectivity index (χ1n) is 6.73. The van der Waals surface area contributed by atoms with Crippen LogP contribution in [-0.2, 0) is 16.1 Å². The largest absolute Gasteiger partial charge is 0.472 e. The fourth-order valence-electron chi connectivity index (χ4n) is 1.66. The van der Waals surface area contributed by atoms with Crippen molar-refractivity contribution in [3.05, 3.63) is 36.5 Å². The van der Waals surface area contributed by atoms with Crippen molar-refractivity contribution in [2.24, 2.45) is 5.92 Å². The molecule has 0 bridgehead atoms. The third-order valence-electron chi connectivity index (χ3n) is 2.77. The minimum absolute atomic E-state index is 0.159. The molecule has 21 heavy (non-hydrogen) atoms. The van der Waals surface area contributed by atoms with Gasteiger partial charge in [0.15, 0.2) is 0 Å². The molecule has 0 radical (unpaired) electrons. The third-order valence-corrected chi connectivity index (χ3v) is 2.77. The van der Waals surface area contributed by atoms with E-state index in [1.807, 2.05) is 13.8 Å². The lowest BCUT2D eigenvalue weighted by Gasteiger charge is -2.07. The third kappa shape index (κ3) is 4.24. The second kappa shape index (κ2) is 6.78. The molecular formula is C15H18N2O4. The summed E-state index contributed by atoms with van der Waals surface area (Å²) in [5, 5.41) is 5.06. The Morgan fingerprint density at radius 2 is 1.90 bits per heavy atom. The van der Waals surface area contributed by atoms with Crippen LogP contribution in [-0.4, -0.2) is 18.4 Å². The SMILES string of the molecule is CC(C)CNC(=O)C(=O)NCc1ccc(-c2ccoc2)o1. The van der Waals surface area contributed by atoms with Crippen molar-refractivity contribution in [1.29, 1.82) is 0 Å². The van der Waals surface area contributed by atoms with Crippen LogP contribution in [0.15, 0.2) is 39.6 Å². The number of carbonyl (C=O) groups is 2. The summed E-state index contributed by atoms with van der Waals surface area (Å²) >= 11 is 0. The van der Waals surface area contributed by atoms with Crippen molar-refractivity contribution >= 4 is 11.8 Å². The second-order valence-corrected chi connectivity index (χ2v) is 5.06. The van der Waals surface area contributed by atoms with Gasteiger partial charge in [0.1, 0.15) is 17.8 Å². The van der Waals surface area contributed by atoms with Crippen molar-refractivity contribution < 1.29 is 18.4 Å². The van der Waals surface area contributed by atoms with Gasteiger partial charge in [0, 0.05) is 6.54 Å². The summed E-state index contributed by atoms with van der Waals surface area (Å²) in [5.74, 6) is 0.208. The standard InChI is InChI=1S/C15H18N2O4/c1-10(2)7-16-14(18)15(19)17-8-12-3-4-13(21-12)11-5-6-20-9-11/h3-6,9-10H,7-8H2,1-2H3,(H,16,18)(H,17,19). The average molecular weight is 290 g/mol. The Hall–Kier alpha value is -2.50. The van der Waals surface area contributed by atoms with E-state index >= 15 is 0 Å². The molecule has 0 unspecified atom stereocenters. The Kier molecular flexibility index (Phi) is 4.81. The Morgan fingerprint density at radius 1 is 1.14 bits per heavy atom. The van der Waals surface area contributed by atoms with E-state index in [1.54, 1.807) is 30.7 Å². The first-order valence-corrected chi connectivity index (χ1v) is 6.73. The average Bonchev–Trinajstić information content (AvgIpc) is 3.12. The fourth-order valence-corrected chi connectivity index (χ4v) is 1.66. The fraction of sp³-hybridized carbons (Fsp3) is 0.333. The van der Waals surface area contributed by atoms with Crippen molar-refractivity contribution in [2.45, 2.75) is 20.4 Å². The summed E-state index contributed by atoms with van der Waals surface area (Å²) in [6, 6.07) is 5.31. The Morgan fingerprint density at radius 3 is 2.57 bits per heavy atom. The van der Waals surface area contributed by atoms with E-state index in [0.29, 0.717) is 24.0 Å². The van der Waals surface area contributed by atoms with Crippen molar-refractivity contribution in [3.8, 4) is 11.3 Å². The lowest BCUT2D eigenvalue weighted by atomic mass is 10.2. The maximum absolute atomic E-state index is 11.6. The van der Waals surface area contributed by atoms with Crippen LogP contribution in [0.1, 0.15) is 19.6 Å². The van der Waals surface area contributed by atoms with Crippen LogP contribution in [0.5, 0.6) is 0 Å². The van der Waals surface area contributed by atoms with Gasteiger partial charge in [-0.15, -0.1) is 0 Å². The molecule has 6 nitrogen and oxygen atoms in total. The van der Waals surface area contributed by atoms with Gasteiger partial charge < -0.3 is 19.5 Å². The van der Waals surface area contributed by atoms with Gasteiger partial charge in [-0.05, 0) is 24.1 Å². The van der Waals surface area contributed by atoms with Crippen LogP contribution in [0.4, 0.5) is 0 Å². The summed E-state index contributed by atoms with van der Waals surface area (Å²) in [6.45, 7) is 4.54. The summed E-state index contributed by atoms with van der Waals surface area (Å²) < 4.78 is 10.5. The molecule has 0 aromatic carbocycles. The molecule has 0 atom stereocenters. The molecule has 2 aromatic heterocycles. The highest BCUT2D eigenvalue weighted by atomic mass is 16.3.